The van der Waals surface area contributed by atoms with Gasteiger partial charge in [0.25, 0.3) is 16.0 Å². The molecule has 0 saturated carbocycles. The Labute approximate surface area is 172 Å². The van der Waals surface area contributed by atoms with Gasteiger partial charge in [-0.3, -0.25) is 5.10 Å². The Balaban J connectivity index is 0.00000450. The lowest BCUT2D eigenvalue weighted by atomic mass is 10.2. The number of aromatic amines is 1. The molecule has 1 aromatic carbocycles. The number of ether oxygens (including phenoxy) is 1. The van der Waals surface area contributed by atoms with E-state index in [0.29, 0.717) is 30.4 Å². The van der Waals surface area contributed by atoms with Crippen molar-refractivity contribution in [2.75, 3.05) is 25.1 Å². The van der Waals surface area contributed by atoms with E-state index in [1.807, 2.05) is 18.7 Å². The number of azo groups is 1. The zero-order valence-electron chi connectivity index (χ0n) is 16.1. The van der Waals surface area contributed by atoms with Crippen molar-refractivity contribution >= 4 is 33.0 Å². The average Bonchev–Trinajstić information content (AvgIpc) is 3.13. The Morgan fingerprint density at radius 2 is 1.90 bits per heavy atom. The minimum Gasteiger partial charge on any atom is -0.494 e. The van der Waals surface area contributed by atoms with Crippen molar-refractivity contribution in [3.63, 3.8) is 0 Å². The first kappa shape index (κ1) is 25.3. The lowest BCUT2D eigenvalue weighted by Gasteiger charge is -2.24. The molecular weight excluding hydrogens is 427 g/mol. The van der Waals surface area contributed by atoms with E-state index >= 15 is 0 Å². The van der Waals surface area contributed by atoms with E-state index < -0.39 is 15.8 Å². The summed E-state index contributed by atoms with van der Waals surface area (Å²) in [6.07, 6.45) is 0. The van der Waals surface area contributed by atoms with Crippen molar-refractivity contribution in [1.29, 1.82) is 0 Å². The number of hydrogen-bond donors (Lipinski definition) is 1. The fourth-order valence-electron chi connectivity index (χ4n) is 2.37. The van der Waals surface area contributed by atoms with Gasteiger partial charge in [-0.1, -0.05) is 11.8 Å². The van der Waals surface area contributed by atoms with Gasteiger partial charge in [0.2, 0.25) is 0 Å². The highest BCUT2D eigenvalue weighted by Crippen LogP contribution is 2.41. The van der Waals surface area contributed by atoms with E-state index in [4.69, 9.17) is 4.74 Å². The summed E-state index contributed by atoms with van der Waals surface area (Å²) in [5.74, 6) is -2.91. The van der Waals surface area contributed by atoms with Crippen LogP contribution in [0, 0.1) is 6.92 Å². The van der Waals surface area contributed by atoms with E-state index in [1.54, 1.807) is 6.92 Å². The smallest absolute Gasteiger partial charge is 0.345 e. The normalized spacial score (nSPS) is 13.2. The summed E-state index contributed by atoms with van der Waals surface area (Å²) in [5, 5.41) is 14.0. The highest BCUT2D eigenvalue weighted by atomic mass is 32.2. The number of H-pyrrole nitrogens is 1. The van der Waals surface area contributed by atoms with Crippen molar-refractivity contribution in [3.8, 4) is 5.75 Å². The molecule has 1 heterocycles. The number of anilines is 1. The van der Waals surface area contributed by atoms with Crippen LogP contribution in [0.1, 0.15) is 27.1 Å². The van der Waals surface area contributed by atoms with Crippen molar-refractivity contribution < 1.29 is 26.6 Å². The van der Waals surface area contributed by atoms with Crippen molar-refractivity contribution in [2.45, 2.75) is 34.0 Å². The predicted molar refractivity (Wildman–Crippen MR) is 107 cm³/mol. The number of nitrogens with one attached hydrogen (secondary N) is 1. The Kier molecular flexibility index (Phi) is 9.17. The third kappa shape index (κ3) is 5.66. The molecule has 0 aliphatic heterocycles. The van der Waals surface area contributed by atoms with Gasteiger partial charge in [0.15, 0.2) is 0 Å². The summed E-state index contributed by atoms with van der Waals surface area (Å²) in [4.78, 5) is 5.76. The number of alkyl halides is 2. The third-order valence-corrected chi connectivity index (χ3v) is 4.84. The molecule has 1 unspecified atom stereocenters. The standard InChI is InChI=1S/C15H20F3N7O3S.CH4/c1-5-25(6-2)12-7-11(24-29(26,28-18)14(16)17)10(8-13(12)27-4)21-23-15-19-9(3)20-22-15;/h7-8,14H,5-6H2,1-4H3,(H,19,20,22);1H4. The molecule has 0 bridgehead atoms. The SMILES string of the molecule is C.CCN(CC)c1cc(N=S(=O)(OF)C(F)F)c(N=Nc2n[nH]c(C)n2)cc1OC. The Morgan fingerprint density at radius 1 is 1.23 bits per heavy atom. The van der Waals surface area contributed by atoms with E-state index in [-0.39, 0.29) is 24.7 Å². The third-order valence-electron chi connectivity index (χ3n) is 3.75. The summed E-state index contributed by atoms with van der Waals surface area (Å²) in [6.45, 7) is 6.48. The van der Waals surface area contributed by atoms with Crippen molar-refractivity contribution in [2.24, 2.45) is 14.6 Å². The molecule has 14 heteroatoms. The van der Waals surface area contributed by atoms with Crippen LogP contribution in [0.2, 0.25) is 0 Å². The van der Waals surface area contributed by atoms with Gasteiger partial charge in [0.05, 0.1) is 12.8 Å². The predicted octanol–water partition coefficient (Wildman–Crippen LogP) is 5.16. The first-order valence-corrected chi connectivity index (χ1v) is 9.90. The molecule has 2 rings (SSSR count). The van der Waals surface area contributed by atoms with E-state index in [9.17, 15) is 17.5 Å². The molecule has 168 valence electrons. The second-order valence-electron chi connectivity index (χ2n) is 5.54. The molecule has 0 fully saturated rings. The van der Waals surface area contributed by atoms with Crippen LogP contribution in [0.3, 0.4) is 0 Å². The van der Waals surface area contributed by atoms with Crippen LogP contribution in [0.15, 0.2) is 26.7 Å². The lowest BCUT2D eigenvalue weighted by Crippen LogP contribution is -2.22. The first-order chi connectivity index (χ1) is 13.8. The van der Waals surface area contributed by atoms with Crippen LogP contribution in [0.4, 0.5) is 36.3 Å². The Hall–Kier alpha value is -2.74. The van der Waals surface area contributed by atoms with Gasteiger partial charge in [-0.25, -0.2) is 4.21 Å². The fraction of sp³-hybridized carbons (Fsp3) is 0.500. The summed E-state index contributed by atoms with van der Waals surface area (Å²) < 4.78 is 62.3. The molecule has 0 spiro atoms. The van der Waals surface area contributed by atoms with Crippen LogP contribution in [-0.4, -0.2) is 45.3 Å². The van der Waals surface area contributed by atoms with Gasteiger partial charge in [-0.15, -0.1) is 15.3 Å². The number of methoxy groups -OCH3 is 1. The number of aromatic nitrogens is 3. The second kappa shape index (κ2) is 10.9. The van der Waals surface area contributed by atoms with Gasteiger partial charge in [0, 0.05) is 19.2 Å². The van der Waals surface area contributed by atoms with E-state index in [2.05, 4.69) is 34.2 Å². The molecule has 1 N–H and O–H groups in total. The van der Waals surface area contributed by atoms with Crippen LogP contribution >= 0.6 is 0 Å². The monoisotopic (exact) mass is 451 g/mol. The fourth-order valence-corrected chi connectivity index (χ4v) is 2.95. The molecule has 0 amide bonds. The Morgan fingerprint density at radius 3 is 2.37 bits per heavy atom. The van der Waals surface area contributed by atoms with Crippen LogP contribution in [-0.2, 0) is 14.4 Å². The number of rotatable bonds is 9. The van der Waals surface area contributed by atoms with Gasteiger partial charge in [-0.05, 0) is 31.4 Å². The summed E-state index contributed by atoms with van der Waals surface area (Å²) in [6, 6.07) is 2.64. The van der Waals surface area contributed by atoms with Crippen molar-refractivity contribution in [1.82, 2.24) is 15.2 Å². The molecule has 1 atom stereocenters. The molecule has 10 nitrogen and oxygen atoms in total. The number of aryl methyl sites for hydroxylation is 1. The summed E-state index contributed by atoms with van der Waals surface area (Å²) >= 11 is 0. The summed E-state index contributed by atoms with van der Waals surface area (Å²) in [7, 11) is -3.54. The quantitative estimate of drug-likeness (QED) is 0.526. The van der Waals surface area contributed by atoms with E-state index in [0.717, 1.165) is 0 Å². The molecule has 0 radical (unpaired) electrons. The molecule has 0 saturated heterocycles. The summed E-state index contributed by atoms with van der Waals surface area (Å²) in [5.41, 5.74) is 0.0103. The topological polar surface area (TPSA) is 117 Å². The molecular formula is C16H24F3N7O3S. The Bertz CT molecular complexity index is 986. The highest BCUT2D eigenvalue weighted by Gasteiger charge is 2.26. The number of benzene rings is 1. The van der Waals surface area contributed by atoms with Crippen molar-refractivity contribution in [3.05, 3.63) is 18.0 Å². The van der Waals surface area contributed by atoms with Crippen LogP contribution in [0.25, 0.3) is 0 Å². The molecule has 0 aliphatic rings. The zero-order valence-corrected chi connectivity index (χ0v) is 16.9. The lowest BCUT2D eigenvalue weighted by molar-refractivity contribution is -0.000950. The number of nitrogens with zero attached hydrogens (tertiary/aromatic N) is 6. The molecule has 30 heavy (non-hydrogen) atoms. The maximum atomic E-state index is 13.0. The average molecular weight is 451 g/mol. The van der Waals surface area contributed by atoms with Gasteiger partial charge in [-0.2, -0.15) is 18.1 Å². The second-order valence-corrected chi connectivity index (χ2v) is 7.23. The first-order valence-electron chi connectivity index (χ1n) is 8.39. The minimum atomic E-state index is -4.95. The van der Waals surface area contributed by atoms with Crippen LogP contribution in [0.5, 0.6) is 5.75 Å². The maximum absolute atomic E-state index is 13.0. The minimum absolute atomic E-state index is 0. The molecule has 1 aromatic heterocycles. The number of halogens is 3. The van der Waals surface area contributed by atoms with Gasteiger partial charge < -0.3 is 9.64 Å². The largest absolute Gasteiger partial charge is 0.494 e. The van der Waals surface area contributed by atoms with E-state index in [1.165, 1.54) is 19.2 Å². The highest BCUT2D eigenvalue weighted by molar-refractivity contribution is 7.89. The number of hydrogen-bond acceptors (Lipinski definition) is 9. The molecule has 0 aliphatic carbocycles. The van der Waals surface area contributed by atoms with Crippen LogP contribution < -0.4 is 9.64 Å². The van der Waals surface area contributed by atoms with Gasteiger partial charge in [0.1, 0.15) is 22.9 Å². The zero-order chi connectivity index (χ0) is 21.6. The molecule has 2 aromatic rings. The van der Waals surface area contributed by atoms with Gasteiger partial charge >= 0.3 is 5.76 Å². The maximum Gasteiger partial charge on any atom is 0.345 e.